The fourth-order valence-corrected chi connectivity index (χ4v) is 5.18. The average Bonchev–Trinajstić information content (AvgIpc) is 3.11. The summed E-state index contributed by atoms with van der Waals surface area (Å²) in [5.74, 6) is 0.00101. The van der Waals surface area contributed by atoms with Crippen molar-refractivity contribution in [1.29, 1.82) is 0 Å². The summed E-state index contributed by atoms with van der Waals surface area (Å²) >= 11 is 3.17. The van der Waals surface area contributed by atoms with Gasteiger partial charge in [-0.1, -0.05) is 48.5 Å². The number of aromatic nitrogens is 1. The van der Waals surface area contributed by atoms with Crippen LogP contribution in [0.15, 0.2) is 65.6 Å². The fourth-order valence-electron chi connectivity index (χ4n) is 3.24. The van der Waals surface area contributed by atoms with Crippen molar-refractivity contribution in [3.8, 4) is 0 Å². The van der Waals surface area contributed by atoms with Crippen molar-refractivity contribution >= 4 is 34.1 Å². The fraction of sp³-hybridized carbons (Fsp3) is 0.273. The van der Waals surface area contributed by atoms with Crippen LogP contribution in [0.5, 0.6) is 0 Å². The molecule has 1 aliphatic heterocycles. The molecule has 144 valence electrons. The monoisotopic (exact) mass is 409 g/mol. The Morgan fingerprint density at radius 2 is 1.89 bits per heavy atom. The molecule has 1 atom stereocenters. The van der Waals surface area contributed by atoms with E-state index < -0.39 is 0 Å². The molecule has 3 aromatic rings. The number of fused-ring (bicyclic) bond motifs is 1. The number of benzene rings is 2. The minimum absolute atomic E-state index is 0.00101. The Balaban J connectivity index is 1.35. The van der Waals surface area contributed by atoms with E-state index in [1.165, 1.54) is 10.4 Å². The molecule has 0 aliphatic carbocycles. The van der Waals surface area contributed by atoms with Crippen LogP contribution < -0.4 is 5.32 Å². The van der Waals surface area contributed by atoms with Crippen LogP contribution in [0.4, 0.5) is 5.13 Å². The van der Waals surface area contributed by atoms with Crippen molar-refractivity contribution in [2.45, 2.75) is 36.6 Å². The molecule has 0 saturated heterocycles. The van der Waals surface area contributed by atoms with Crippen LogP contribution in [-0.4, -0.2) is 27.6 Å². The summed E-state index contributed by atoms with van der Waals surface area (Å²) in [6, 6.07) is 20.6. The van der Waals surface area contributed by atoms with Gasteiger partial charge in [0.15, 0.2) is 5.13 Å². The Hall–Kier alpha value is -2.15. The highest BCUT2D eigenvalue weighted by atomic mass is 32.2. The lowest BCUT2D eigenvalue weighted by Crippen LogP contribution is -2.29. The summed E-state index contributed by atoms with van der Waals surface area (Å²) in [7, 11) is 0. The maximum Gasteiger partial charge on any atom is 0.239 e. The lowest BCUT2D eigenvalue weighted by Gasteiger charge is -2.25. The quantitative estimate of drug-likeness (QED) is 0.593. The van der Waals surface area contributed by atoms with E-state index in [2.05, 4.69) is 39.5 Å². The smallest absolute Gasteiger partial charge is 0.239 e. The molecule has 1 aromatic heterocycles. The first-order valence-corrected chi connectivity index (χ1v) is 11.1. The predicted molar refractivity (Wildman–Crippen MR) is 117 cm³/mol. The molecule has 0 fully saturated rings. The van der Waals surface area contributed by atoms with Crippen LogP contribution in [0.3, 0.4) is 0 Å². The molecule has 1 N–H and O–H groups in total. The third-order valence-electron chi connectivity index (χ3n) is 4.71. The number of carbonyl (C=O) groups excluding carboxylic acids is 1. The van der Waals surface area contributed by atoms with Gasteiger partial charge in [0.25, 0.3) is 0 Å². The van der Waals surface area contributed by atoms with Crippen molar-refractivity contribution in [3.05, 3.63) is 76.8 Å². The molecule has 28 heavy (non-hydrogen) atoms. The highest BCUT2D eigenvalue weighted by Gasteiger charge is 2.22. The maximum absolute atomic E-state index is 12.6. The molecule has 0 saturated carbocycles. The number of rotatable bonds is 6. The van der Waals surface area contributed by atoms with Gasteiger partial charge in [0.05, 0.1) is 10.9 Å². The van der Waals surface area contributed by atoms with E-state index in [1.807, 2.05) is 43.3 Å². The molecule has 0 radical (unpaired) electrons. The van der Waals surface area contributed by atoms with Gasteiger partial charge in [-0.15, -0.1) is 23.1 Å². The maximum atomic E-state index is 12.6. The standard InChI is InChI=1S/C22H23N3OS2/c1-16(27-18-10-6-3-7-11-18)21(26)24-22-23-19-12-13-25(15-20(19)28-22)14-17-8-4-2-5-9-17/h2-11,16H,12-15H2,1H3,(H,23,24,26). The zero-order chi connectivity index (χ0) is 19.3. The number of nitrogens with zero attached hydrogens (tertiary/aromatic N) is 2. The number of anilines is 1. The van der Waals surface area contributed by atoms with E-state index in [4.69, 9.17) is 0 Å². The van der Waals surface area contributed by atoms with Crippen molar-refractivity contribution < 1.29 is 4.79 Å². The lowest BCUT2D eigenvalue weighted by molar-refractivity contribution is -0.115. The van der Waals surface area contributed by atoms with Crippen LogP contribution >= 0.6 is 23.1 Å². The minimum Gasteiger partial charge on any atom is -0.301 e. The predicted octanol–water partition coefficient (Wildman–Crippen LogP) is 4.82. The van der Waals surface area contributed by atoms with E-state index >= 15 is 0 Å². The van der Waals surface area contributed by atoms with E-state index in [-0.39, 0.29) is 11.2 Å². The molecule has 1 unspecified atom stereocenters. The van der Waals surface area contributed by atoms with Crippen molar-refractivity contribution in [2.75, 3.05) is 11.9 Å². The van der Waals surface area contributed by atoms with Crippen LogP contribution in [0.2, 0.25) is 0 Å². The summed E-state index contributed by atoms with van der Waals surface area (Å²) in [5.41, 5.74) is 2.46. The first-order valence-electron chi connectivity index (χ1n) is 9.45. The molecule has 1 amide bonds. The normalized spacial score (nSPS) is 15.0. The van der Waals surface area contributed by atoms with Gasteiger partial charge in [0.1, 0.15) is 0 Å². The second-order valence-corrected chi connectivity index (χ2v) is 9.40. The molecule has 0 spiro atoms. The van der Waals surface area contributed by atoms with Gasteiger partial charge < -0.3 is 5.32 Å². The van der Waals surface area contributed by atoms with Crippen molar-refractivity contribution in [2.24, 2.45) is 0 Å². The second kappa shape index (κ2) is 8.90. The zero-order valence-corrected chi connectivity index (χ0v) is 17.4. The molecule has 2 heterocycles. The van der Waals surface area contributed by atoms with Crippen molar-refractivity contribution in [3.63, 3.8) is 0 Å². The van der Waals surface area contributed by atoms with Gasteiger partial charge in [-0.05, 0) is 24.6 Å². The minimum atomic E-state index is -0.169. The number of nitrogens with one attached hydrogen (secondary N) is 1. The first-order chi connectivity index (χ1) is 13.7. The number of thioether (sulfide) groups is 1. The molecular formula is C22H23N3OS2. The van der Waals surface area contributed by atoms with Crippen molar-refractivity contribution in [1.82, 2.24) is 9.88 Å². The summed E-state index contributed by atoms with van der Waals surface area (Å²) in [5, 5.41) is 3.56. The van der Waals surface area contributed by atoms with Crippen LogP contribution in [-0.2, 0) is 24.3 Å². The number of hydrogen-bond donors (Lipinski definition) is 1. The second-order valence-electron chi connectivity index (χ2n) is 6.90. The van der Waals surface area contributed by atoms with E-state index in [0.29, 0.717) is 0 Å². The highest BCUT2D eigenvalue weighted by molar-refractivity contribution is 8.00. The first kappa shape index (κ1) is 19.2. The van der Waals surface area contributed by atoms with Gasteiger partial charge in [-0.25, -0.2) is 4.98 Å². The third kappa shape index (κ3) is 4.82. The number of carbonyl (C=O) groups is 1. The molecule has 6 heteroatoms. The van der Waals surface area contributed by atoms with Crippen LogP contribution in [0.1, 0.15) is 23.1 Å². The van der Waals surface area contributed by atoms with Crippen LogP contribution in [0.25, 0.3) is 0 Å². The SMILES string of the molecule is CC(Sc1ccccc1)C(=O)Nc1nc2c(s1)CN(Cc1ccccc1)CC2. The van der Waals surface area contributed by atoms with Gasteiger partial charge in [-0.2, -0.15) is 0 Å². The Kier molecular flexibility index (Phi) is 6.10. The Morgan fingerprint density at radius 1 is 1.18 bits per heavy atom. The molecular weight excluding hydrogens is 386 g/mol. The lowest BCUT2D eigenvalue weighted by atomic mass is 10.1. The molecule has 4 rings (SSSR count). The summed E-state index contributed by atoms with van der Waals surface area (Å²) in [6.45, 7) is 4.78. The van der Waals surface area contributed by atoms with E-state index in [1.54, 1.807) is 23.1 Å². The number of amides is 1. The molecule has 2 aromatic carbocycles. The third-order valence-corrected chi connectivity index (χ3v) is 6.82. The summed E-state index contributed by atoms with van der Waals surface area (Å²) < 4.78 is 0. The topological polar surface area (TPSA) is 45.2 Å². The van der Waals surface area contributed by atoms with Gasteiger partial charge >= 0.3 is 0 Å². The van der Waals surface area contributed by atoms with E-state index in [9.17, 15) is 4.79 Å². The zero-order valence-electron chi connectivity index (χ0n) is 15.8. The summed E-state index contributed by atoms with van der Waals surface area (Å²) in [4.78, 5) is 22.0. The molecule has 0 bridgehead atoms. The van der Waals surface area contributed by atoms with Crippen LogP contribution in [0, 0.1) is 0 Å². The molecule has 4 nitrogen and oxygen atoms in total. The number of hydrogen-bond acceptors (Lipinski definition) is 5. The van der Waals surface area contributed by atoms with Gasteiger partial charge in [0.2, 0.25) is 5.91 Å². The van der Waals surface area contributed by atoms with E-state index in [0.717, 1.165) is 41.8 Å². The highest BCUT2D eigenvalue weighted by Crippen LogP contribution is 2.30. The Labute approximate surface area is 174 Å². The largest absolute Gasteiger partial charge is 0.301 e. The Morgan fingerprint density at radius 3 is 2.64 bits per heavy atom. The Bertz CT molecular complexity index is 927. The average molecular weight is 410 g/mol. The van der Waals surface area contributed by atoms with Gasteiger partial charge in [0, 0.05) is 35.8 Å². The number of thiazole rings is 1. The van der Waals surface area contributed by atoms with Gasteiger partial charge in [-0.3, -0.25) is 9.69 Å². The molecule has 1 aliphatic rings. The summed E-state index contributed by atoms with van der Waals surface area (Å²) in [6.07, 6.45) is 0.933.